The van der Waals surface area contributed by atoms with E-state index in [2.05, 4.69) is 37.6 Å². The van der Waals surface area contributed by atoms with Crippen molar-refractivity contribution in [1.29, 1.82) is 0 Å². The van der Waals surface area contributed by atoms with Gasteiger partial charge in [-0.05, 0) is 32.0 Å². The third kappa shape index (κ3) is 7.02. The monoisotopic (exact) mass is 499 g/mol. The first-order valence-electron chi connectivity index (χ1n) is 9.63. The summed E-state index contributed by atoms with van der Waals surface area (Å²) in [5, 5.41) is 14.9. The van der Waals surface area contributed by atoms with Gasteiger partial charge in [0.15, 0.2) is 11.8 Å². The van der Waals surface area contributed by atoms with E-state index in [-0.39, 0.29) is 24.0 Å². The number of para-hydroxylation sites is 1. The number of morpholine rings is 1. The van der Waals surface area contributed by atoms with E-state index < -0.39 is 0 Å². The molecule has 0 atom stereocenters. The molecule has 1 aromatic heterocycles. The van der Waals surface area contributed by atoms with Crippen molar-refractivity contribution in [1.82, 2.24) is 30.3 Å². The SMILES string of the molecule is CCNC(=NCc1nncn1-c1ccccc1)NCCCN1CCOCC1.I. The lowest BCUT2D eigenvalue weighted by atomic mass is 10.3. The molecule has 2 heterocycles. The van der Waals surface area contributed by atoms with Crippen LogP contribution in [0.15, 0.2) is 41.7 Å². The Morgan fingerprint density at radius 3 is 2.71 bits per heavy atom. The van der Waals surface area contributed by atoms with Gasteiger partial charge in [-0.2, -0.15) is 0 Å². The molecule has 0 bridgehead atoms. The van der Waals surface area contributed by atoms with Crippen molar-refractivity contribution in [3.8, 4) is 5.69 Å². The topological polar surface area (TPSA) is 79.6 Å². The average molecular weight is 499 g/mol. The van der Waals surface area contributed by atoms with Gasteiger partial charge in [-0.1, -0.05) is 18.2 Å². The normalized spacial score (nSPS) is 15.1. The number of aliphatic imine (C=N–C) groups is 1. The van der Waals surface area contributed by atoms with E-state index in [1.165, 1.54) is 0 Å². The number of nitrogens with zero attached hydrogens (tertiary/aromatic N) is 5. The van der Waals surface area contributed by atoms with Crippen molar-refractivity contribution in [3.05, 3.63) is 42.5 Å². The predicted molar refractivity (Wildman–Crippen MR) is 121 cm³/mol. The molecule has 2 N–H and O–H groups in total. The second kappa shape index (κ2) is 12.7. The van der Waals surface area contributed by atoms with Crippen LogP contribution in [0.1, 0.15) is 19.2 Å². The van der Waals surface area contributed by atoms with E-state index in [1.807, 2.05) is 34.9 Å². The van der Waals surface area contributed by atoms with Crippen LogP contribution in [0, 0.1) is 0 Å². The highest BCUT2D eigenvalue weighted by Crippen LogP contribution is 2.09. The Bertz CT molecular complexity index is 701. The maximum Gasteiger partial charge on any atom is 0.191 e. The summed E-state index contributed by atoms with van der Waals surface area (Å²) in [6.45, 7) is 9.07. The van der Waals surface area contributed by atoms with Crippen molar-refractivity contribution in [3.63, 3.8) is 0 Å². The maximum atomic E-state index is 5.39. The number of aromatic nitrogens is 3. The minimum Gasteiger partial charge on any atom is -0.379 e. The summed E-state index contributed by atoms with van der Waals surface area (Å²) in [5.41, 5.74) is 1.04. The zero-order valence-corrected chi connectivity index (χ0v) is 18.7. The lowest BCUT2D eigenvalue weighted by Crippen LogP contribution is -2.40. The summed E-state index contributed by atoms with van der Waals surface area (Å²) in [5.74, 6) is 1.62. The largest absolute Gasteiger partial charge is 0.379 e. The maximum absolute atomic E-state index is 5.39. The van der Waals surface area contributed by atoms with E-state index in [0.717, 1.165) is 69.8 Å². The Morgan fingerprint density at radius 2 is 1.96 bits per heavy atom. The van der Waals surface area contributed by atoms with E-state index in [4.69, 9.17) is 4.74 Å². The summed E-state index contributed by atoms with van der Waals surface area (Å²) in [6.07, 6.45) is 2.80. The highest BCUT2D eigenvalue weighted by Gasteiger charge is 2.09. The number of hydrogen-bond acceptors (Lipinski definition) is 5. The summed E-state index contributed by atoms with van der Waals surface area (Å²) in [6, 6.07) is 10.1. The van der Waals surface area contributed by atoms with Crippen LogP contribution in [0.3, 0.4) is 0 Å². The first kappa shape index (κ1) is 22.6. The average Bonchev–Trinajstić information content (AvgIpc) is 3.19. The molecule has 1 aliphatic rings. The van der Waals surface area contributed by atoms with Gasteiger partial charge in [0.25, 0.3) is 0 Å². The lowest BCUT2D eigenvalue weighted by Gasteiger charge is -2.26. The number of halogens is 1. The number of hydrogen-bond donors (Lipinski definition) is 2. The molecule has 1 fully saturated rings. The molecule has 0 amide bonds. The van der Waals surface area contributed by atoms with E-state index in [1.54, 1.807) is 6.33 Å². The fourth-order valence-electron chi connectivity index (χ4n) is 3.00. The van der Waals surface area contributed by atoms with Crippen LogP contribution in [0.2, 0.25) is 0 Å². The first-order chi connectivity index (χ1) is 13.4. The molecule has 0 aliphatic carbocycles. The van der Waals surface area contributed by atoms with E-state index in [0.29, 0.717) is 6.54 Å². The molecule has 0 unspecified atom stereocenters. The molecule has 1 aliphatic heterocycles. The summed E-state index contributed by atoms with van der Waals surface area (Å²) < 4.78 is 7.35. The van der Waals surface area contributed by atoms with Gasteiger partial charge in [0.1, 0.15) is 12.9 Å². The fraction of sp³-hybridized carbons (Fsp3) is 0.526. The zero-order valence-electron chi connectivity index (χ0n) is 16.4. The van der Waals surface area contributed by atoms with Crippen molar-refractivity contribution < 1.29 is 4.74 Å². The molecule has 154 valence electrons. The standard InChI is InChI=1S/C19H29N7O.HI/c1-2-20-19(21-9-6-10-25-11-13-27-14-12-25)22-15-18-24-23-16-26(18)17-7-4-3-5-8-17;/h3-5,7-8,16H,2,6,9-15H2,1H3,(H2,20,21,22);1H. The van der Waals surface area contributed by atoms with Gasteiger partial charge in [-0.15, -0.1) is 34.2 Å². The van der Waals surface area contributed by atoms with Crippen LogP contribution >= 0.6 is 24.0 Å². The van der Waals surface area contributed by atoms with Crippen molar-refractivity contribution in [2.75, 3.05) is 45.9 Å². The van der Waals surface area contributed by atoms with Crippen LogP contribution in [0.25, 0.3) is 5.69 Å². The molecule has 3 rings (SSSR count). The molecule has 8 nitrogen and oxygen atoms in total. The van der Waals surface area contributed by atoms with Gasteiger partial charge < -0.3 is 15.4 Å². The second-order valence-electron chi connectivity index (χ2n) is 6.38. The van der Waals surface area contributed by atoms with Crippen LogP contribution in [-0.4, -0.2) is 71.6 Å². The lowest BCUT2D eigenvalue weighted by molar-refractivity contribution is 0.0376. The number of ether oxygens (including phenoxy) is 1. The van der Waals surface area contributed by atoms with Crippen LogP contribution < -0.4 is 10.6 Å². The molecule has 0 saturated carbocycles. The molecular formula is C19H30IN7O. The number of benzene rings is 1. The second-order valence-corrected chi connectivity index (χ2v) is 6.38. The molecule has 0 radical (unpaired) electrons. The highest BCUT2D eigenvalue weighted by molar-refractivity contribution is 14.0. The number of guanidine groups is 1. The van der Waals surface area contributed by atoms with Crippen LogP contribution in [0.5, 0.6) is 0 Å². The number of rotatable bonds is 8. The van der Waals surface area contributed by atoms with Crippen molar-refractivity contribution in [2.24, 2.45) is 4.99 Å². The predicted octanol–water partition coefficient (Wildman–Crippen LogP) is 1.66. The Kier molecular flexibility index (Phi) is 10.2. The van der Waals surface area contributed by atoms with Gasteiger partial charge >= 0.3 is 0 Å². The number of nitrogens with one attached hydrogen (secondary N) is 2. The van der Waals surface area contributed by atoms with Gasteiger partial charge in [-0.25, -0.2) is 4.99 Å². The minimum absolute atomic E-state index is 0. The minimum atomic E-state index is 0. The Labute approximate surface area is 183 Å². The Morgan fingerprint density at radius 1 is 1.18 bits per heavy atom. The molecule has 1 saturated heterocycles. The molecule has 0 spiro atoms. The molecule has 9 heteroatoms. The zero-order chi connectivity index (χ0) is 18.7. The van der Waals surface area contributed by atoms with Gasteiger partial charge in [0, 0.05) is 31.9 Å². The van der Waals surface area contributed by atoms with Gasteiger partial charge in [0.2, 0.25) is 0 Å². The van der Waals surface area contributed by atoms with Crippen LogP contribution in [0.4, 0.5) is 0 Å². The van der Waals surface area contributed by atoms with Crippen molar-refractivity contribution in [2.45, 2.75) is 19.9 Å². The third-order valence-electron chi connectivity index (χ3n) is 4.42. The quantitative estimate of drug-likeness (QED) is 0.249. The van der Waals surface area contributed by atoms with Gasteiger partial charge in [-0.3, -0.25) is 9.47 Å². The first-order valence-corrected chi connectivity index (χ1v) is 9.63. The summed E-state index contributed by atoms with van der Waals surface area (Å²) >= 11 is 0. The summed E-state index contributed by atoms with van der Waals surface area (Å²) in [4.78, 5) is 7.11. The molecule has 28 heavy (non-hydrogen) atoms. The third-order valence-corrected chi connectivity index (χ3v) is 4.42. The van der Waals surface area contributed by atoms with E-state index >= 15 is 0 Å². The Hall–Kier alpha value is -1.72. The molecule has 2 aromatic rings. The van der Waals surface area contributed by atoms with E-state index in [9.17, 15) is 0 Å². The van der Waals surface area contributed by atoms with Gasteiger partial charge in [0.05, 0.1) is 13.2 Å². The summed E-state index contributed by atoms with van der Waals surface area (Å²) in [7, 11) is 0. The molecule has 1 aromatic carbocycles. The molecular weight excluding hydrogens is 469 g/mol. The van der Waals surface area contributed by atoms with Crippen molar-refractivity contribution >= 4 is 29.9 Å². The van der Waals surface area contributed by atoms with Crippen LogP contribution in [-0.2, 0) is 11.3 Å². The fourth-order valence-corrected chi connectivity index (χ4v) is 3.00. The highest BCUT2D eigenvalue weighted by atomic mass is 127. The smallest absolute Gasteiger partial charge is 0.191 e. The Balaban J connectivity index is 0.00000280.